The topological polar surface area (TPSA) is 49.5 Å². The highest BCUT2D eigenvalue weighted by molar-refractivity contribution is 6.74. The van der Waals surface area contributed by atoms with Crippen LogP contribution in [0, 0.1) is 29.1 Å². The highest BCUT2D eigenvalue weighted by Gasteiger charge is 2.60. The third kappa shape index (κ3) is 6.36. The third-order valence-electron chi connectivity index (χ3n) is 10.5. The lowest BCUT2D eigenvalue weighted by Crippen LogP contribution is -2.58. The van der Waals surface area contributed by atoms with E-state index in [9.17, 15) is 0 Å². The molecule has 2 unspecified atom stereocenters. The Morgan fingerprint density at radius 3 is 2.29 bits per heavy atom. The molecule has 0 spiro atoms. The van der Waals surface area contributed by atoms with Gasteiger partial charge in [0.1, 0.15) is 0 Å². The molecule has 0 aromatic rings. The molecule has 4 saturated heterocycles. The Labute approximate surface area is 233 Å². The Bertz CT molecular complexity index is 851. The van der Waals surface area contributed by atoms with Crippen molar-refractivity contribution in [3.8, 4) is 0 Å². The number of allylic oxidation sites excluding steroid dienone is 4. The molecule has 0 N–H and O–H groups in total. The molecular formula is C32H54O5Si. The molecule has 6 heteroatoms. The van der Waals surface area contributed by atoms with Gasteiger partial charge in [0.2, 0.25) is 0 Å². The predicted octanol–water partition coefficient (Wildman–Crippen LogP) is 7.63. The van der Waals surface area contributed by atoms with Gasteiger partial charge in [-0.3, -0.25) is 0 Å². The molecule has 4 heterocycles. The lowest BCUT2D eigenvalue weighted by atomic mass is 9.84. The van der Waals surface area contributed by atoms with Gasteiger partial charge in [0, 0.05) is 11.8 Å². The largest absolute Gasteiger partial charge is 0.413 e. The quantitative estimate of drug-likeness (QED) is 0.103. The van der Waals surface area contributed by atoms with Gasteiger partial charge in [-0.1, -0.05) is 65.3 Å². The Morgan fingerprint density at radius 1 is 0.974 bits per heavy atom. The summed E-state index contributed by atoms with van der Waals surface area (Å²) < 4.78 is 31.0. The Balaban J connectivity index is 1.07. The van der Waals surface area contributed by atoms with Crippen LogP contribution < -0.4 is 0 Å². The van der Waals surface area contributed by atoms with Crippen LogP contribution in [-0.4, -0.2) is 52.4 Å². The molecule has 2 bridgehead atoms. The van der Waals surface area contributed by atoms with Crippen molar-refractivity contribution in [3.05, 3.63) is 24.3 Å². The average molecular weight is 547 g/mol. The normalized spacial score (nSPS) is 41.2. The molecule has 38 heavy (non-hydrogen) atoms. The predicted molar refractivity (Wildman–Crippen MR) is 154 cm³/mol. The van der Waals surface area contributed by atoms with Gasteiger partial charge in [0.15, 0.2) is 8.32 Å². The van der Waals surface area contributed by atoms with Gasteiger partial charge in [-0.2, -0.15) is 0 Å². The van der Waals surface area contributed by atoms with Crippen molar-refractivity contribution < 1.29 is 23.4 Å². The number of unbranched alkanes of at least 4 members (excludes halogenated alkanes) is 1. The van der Waals surface area contributed by atoms with Crippen molar-refractivity contribution in [1.29, 1.82) is 0 Å². The maximum Gasteiger partial charge on any atom is 0.282 e. The van der Waals surface area contributed by atoms with Crippen LogP contribution in [0.4, 0.5) is 0 Å². The molecular weight excluding hydrogens is 492 g/mol. The van der Waals surface area contributed by atoms with Crippen molar-refractivity contribution >= 4 is 8.32 Å². The van der Waals surface area contributed by atoms with Crippen LogP contribution in [0.2, 0.25) is 18.1 Å². The minimum atomic E-state index is -1.81. The van der Waals surface area contributed by atoms with E-state index in [1.807, 2.05) is 0 Å². The molecule has 0 amide bonds. The molecule has 4 aliphatic heterocycles. The van der Waals surface area contributed by atoms with Crippen molar-refractivity contribution in [2.24, 2.45) is 29.1 Å². The zero-order chi connectivity index (χ0) is 27.2. The van der Waals surface area contributed by atoms with Gasteiger partial charge < -0.3 is 23.4 Å². The molecule has 2 saturated carbocycles. The number of hydrogen-bond donors (Lipinski definition) is 0. The van der Waals surface area contributed by atoms with Crippen molar-refractivity contribution in [2.45, 2.75) is 128 Å². The van der Waals surface area contributed by atoms with E-state index in [2.05, 4.69) is 72.0 Å². The molecule has 0 aromatic heterocycles. The fourth-order valence-electron chi connectivity index (χ4n) is 6.65. The molecule has 6 fully saturated rings. The molecule has 0 aromatic carbocycles. The lowest BCUT2D eigenvalue weighted by molar-refractivity contribution is -0.467. The molecule has 2 aliphatic carbocycles. The summed E-state index contributed by atoms with van der Waals surface area (Å²) in [6, 6.07) is 0. The smallest absolute Gasteiger partial charge is 0.282 e. The standard InChI is InChI=1S/C32H54O5Si/c1-8-23-18-25(23)28(37-38(6,7)30(2,3)4)26-19-27-29(36-27)24(26)16-14-12-10-9-11-13-15-17-32-33-20-31(5,21-34-32)22-35-32/h9,11-12,14,23-29H,8,10,13,15-22H2,1-7H3/b11-9-,14-12-/t23-,24-,25?,26+,27?,28+,29+,31?,32?/m0/s1. The van der Waals surface area contributed by atoms with E-state index < -0.39 is 14.3 Å². The van der Waals surface area contributed by atoms with E-state index in [-0.39, 0.29) is 10.5 Å². The second-order valence-electron chi connectivity index (χ2n) is 14.8. The first-order valence-corrected chi connectivity index (χ1v) is 18.4. The third-order valence-corrected chi connectivity index (χ3v) is 14.9. The maximum atomic E-state index is 7.21. The second kappa shape index (κ2) is 11.1. The molecule has 7 atom stereocenters. The van der Waals surface area contributed by atoms with Crippen molar-refractivity contribution in [2.75, 3.05) is 19.8 Å². The summed E-state index contributed by atoms with van der Waals surface area (Å²) in [4.78, 5) is 0. The summed E-state index contributed by atoms with van der Waals surface area (Å²) in [6.07, 6.45) is 19.5. The number of hydrogen-bond acceptors (Lipinski definition) is 5. The highest BCUT2D eigenvalue weighted by atomic mass is 28.4. The summed E-state index contributed by atoms with van der Waals surface area (Å²) in [5.74, 6) is 2.11. The fourth-order valence-corrected chi connectivity index (χ4v) is 8.03. The Kier molecular flexibility index (Phi) is 8.44. The summed E-state index contributed by atoms with van der Waals surface area (Å²) in [6.45, 7) is 18.7. The van der Waals surface area contributed by atoms with Crippen LogP contribution in [0.3, 0.4) is 0 Å². The van der Waals surface area contributed by atoms with E-state index >= 15 is 0 Å². The molecule has 0 radical (unpaired) electrons. The van der Waals surface area contributed by atoms with Crippen LogP contribution in [0.5, 0.6) is 0 Å². The summed E-state index contributed by atoms with van der Waals surface area (Å²) in [5, 5.41) is 0.253. The van der Waals surface area contributed by atoms with Crippen molar-refractivity contribution in [1.82, 2.24) is 0 Å². The molecule has 6 aliphatic rings. The number of ether oxygens (including phenoxy) is 4. The van der Waals surface area contributed by atoms with Crippen molar-refractivity contribution in [3.63, 3.8) is 0 Å². The van der Waals surface area contributed by atoms with Gasteiger partial charge in [-0.25, -0.2) is 0 Å². The second-order valence-corrected chi connectivity index (χ2v) is 19.5. The zero-order valence-corrected chi connectivity index (χ0v) is 26.2. The SMILES string of the molecule is CC[C@H]1CC1[C@@H](O[Si](C)(C)C(C)(C)C)[C@@H]1CC2O[C@@H]2[C@H]1C/C=C\C/C=C\CCCC12OCC(C)(CO1)CO2. The van der Waals surface area contributed by atoms with Crippen LogP contribution in [0.25, 0.3) is 0 Å². The van der Waals surface area contributed by atoms with Crippen LogP contribution in [0.1, 0.15) is 86.0 Å². The van der Waals surface area contributed by atoms with E-state index in [1.54, 1.807) is 0 Å². The Morgan fingerprint density at radius 2 is 1.66 bits per heavy atom. The number of rotatable bonds is 13. The van der Waals surface area contributed by atoms with Gasteiger partial charge in [0.25, 0.3) is 5.97 Å². The van der Waals surface area contributed by atoms with Gasteiger partial charge in [-0.15, -0.1) is 0 Å². The van der Waals surface area contributed by atoms with E-state index in [0.717, 1.165) is 63.8 Å². The first kappa shape index (κ1) is 29.0. The first-order valence-electron chi connectivity index (χ1n) is 15.5. The average Bonchev–Trinajstić information content (AvgIpc) is 3.79. The van der Waals surface area contributed by atoms with E-state index in [1.165, 1.54) is 19.3 Å². The van der Waals surface area contributed by atoms with Gasteiger partial charge in [0.05, 0.1) is 38.1 Å². The fraction of sp³-hybridized carbons (Fsp3) is 0.875. The number of fused-ring (bicyclic) bond motifs is 4. The maximum absolute atomic E-state index is 7.21. The highest BCUT2D eigenvalue weighted by Crippen LogP contribution is 2.57. The van der Waals surface area contributed by atoms with E-state index in [4.69, 9.17) is 23.4 Å². The minimum absolute atomic E-state index is 0.0353. The molecule has 5 nitrogen and oxygen atoms in total. The number of epoxide rings is 1. The summed E-state index contributed by atoms with van der Waals surface area (Å²) in [5.41, 5.74) is 0.0353. The monoisotopic (exact) mass is 546 g/mol. The zero-order valence-electron chi connectivity index (χ0n) is 25.2. The van der Waals surface area contributed by atoms with Gasteiger partial charge >= 0.3 is 0 Å². The Hall–Kier alpha value is -0.503. The van der Waals surface area contributed by atoms with Crippen LogP contribution in [-0.2, 0) is 23.4 Å². The molecule has 6 rings (SSSR count). The molecule has 216 valence electrons. The van der Waals surface area contributed by atoms with E-state index in [0.29, 0.717) is 30.1 Å². The van der Waals surface area contributed by atoms with Gasteiger partial charge in [-0.05, 0) is 80.3 Å². The van der Waals surface area contributed by atoms with Crippen LogP contribution in [0.15, 0.2) is 24.3 Å². The summed E-state index contributed by atoms with van der Waals surface area (Å²) in [7, 11) is -1.81. The minimum Gasteiger partial charge on any atom is -0.413 e. The first-order chi connectivity index (χ1) is 18.0. The summed E-state index contributed by atoms with van der Waals surface area (Å²) >= 11 is 0. The van der Waals surface area contributed by atoms with Crippen LogP contribution >= 0.6 is 0 Å². The lowest BCUT2D eigenvalue weighted by Gasteiger charge is -2.50.